The Labute approximate surface area is 198 Å². The Balaban J connectivity index is 1.40. The maximum Gasteiger partial charge on any atom is 0.224 e. The molecule has 4 rings (SSSR count). The number of benzene rings is 3. The molecule has 1 N–H and O–H groups in total. The van der Waals surface area contributed by atoms with Gasteiger partial charge in [0, 0.05) is 36.1 Å². The van der Waals surface area contributed by atoms with Crippen LogP contribution in [-0.4, -0.2) is 39.1 Å². The first-order valence-corrected chi connectivity index (χ1v) is 11.1. The van der Waals surface area contributed by atoms with Gasteiger partial charge in [0.1, 0.15) is 11.5 Å². The van der Waals surface area contributed by atoms with Crippen molar-refractivity contribution in [2.45, 2.75) is 19.3 Å². The van der Waals surface area contributed by atoms with Crippen LogP contribution in [0, 0.1) is 0 Å². The second kappa shape index (κ2) is 10.7. The summed E-state index contributed by atoms with van der Waals surface area (Å²) in [6, 6.07) is 18.1. The summed E-state index contributed by atoms with van der Waals surface area (Å²) < 4.78 is 22.0. The summed E-state index contributed by atoms with van der Waals surface area (Å²) in [4.78, 5) is 25.2. The van der Waals surface area contributed by atoms with E-state index in [-0.39, 0.29) is 24.5 Å². The van der Waals surface area contributed by atoms with Crippen LogP contribution in [0.25, 0.3) is 11.1 Å². The van der Waals surface area contributed by atoms with Crippen LogP contribution < -0.4 is 24.3 Å². The van der Waals surface area contributed by atoms with Crippen LogP contribution in [0.1, 0.15) is 29.6 Å². The number of amides is 1. The molecule has 176 valence electrons. The van der Waals surface area contributed by atoms with Crippen molar-refractivity contribution in [2.24, 2.45) is 0 Å². The summed E-state index contributed by atoms with van der Waals surface area (Å²) in [7, 11) is 3.22. The first-order chi connectivity index (χ1) is 16.6. The van der Waals surface area contributed by atoms with E-state index in [0.29, 0.717) is 41.7 Å². The molecule has 0 spiro atoms. The van der Waals surface area contributed by atoms with Gasteiger partial charge in [-0.1, -0.05) is 12.1 Å². The number of methoxy groups -OCH3 is 2. The minimum atomic E-state index is -0.242. The molecule has 0 atom stereocenters. The normalized spacial score (nSPS) is 12.4. The zero-order valence-corrected chi connectivity index (χ0v) is 19.3. The molecule has 0 aromatic heterocycles. The Morgan fingerprint density at radius 1 is 0.853 bits per heavy atom. The number of hydrogen-bond acceptors (Lipinski definition) is 6. The number of Topliss-reactive ketones (excluding diaryl/α,β-unsaturated/α-hetero) is 1. The highest BCUT2D eigenvalue weighted by Crippen LogP contribution is 2.34. The average molecular weight is 462 g/mol. The van der Waals surface area contributed by atoms with E-state index in [1.165, 1.54) is 0 Å². The Morgan fingerprint density at radius 3 is 2.35 bits per heavy atom. The highest BCUT2D eigenvalue weighted by atomic mass is 16.5. The highest BCUT2D eigenvalue weighted by Gasteiger charge is 2.16. The van der Waals surface area contributed by atoms with Gasteiger partial charge in [-0.25, -0.2) is 0 Å². The Morgan fingerprint density at radius 2 is 1.62 bits per heavy atom. The number of ketones is 1. The summed E-state index contributed by atoms with van der Waals surface area (Å²) in [6.07, 6.45) is 0.952. The van der Waals surface area contributed by atoms with E-state index < -0.39 is 0 Å². The maximum atomic E-state index is 12.6. The number of rotatable bonds is 8. The third-order valence-electron chi connectivity index (χ3n) is 5.53. The monoisotopic (exact) mass is 461 g/mol. The topological polar surface area (TPSA) is 83.1 Å². The minimum Gasteiger partial charge on any atom is -0.497 e. The molecule has 1 amide bonds. The molecular weight excluding hydrogens is 434 g/mol. The fourth-order valence-electron chi connectivity index (χ4n) is 3.71. The first kappa shape index (κ1) is 23.2. The molecule has 0 bridgehead atoms. The third-order valence-corrected chi connectivity index (χ3v) is 5.53. The summed E-state index contributed by atoms with van der Waals surface area (Å²) in [5.41, 5.74) is 2.90. The number of carbonyl (C=O) groups excluding carboxylic acids is 2. The van der Waals surface area contributed by atoms with Crippen LogP contribution in [0.2, 0.25) is 0 Å². The number of ether oxygens (including phenoxy) is 4. The van der Waals surface area contributed by atoms with Gasteiger partial charge in [0.2, 0.25) is 5.91 Å². The number of fused-ring (bicyclic) bond motifs is 1. The SMILES string of the molecule is COc1ccc(-c2cc(NC(=O)CCC(=O)c3ccc4c(c3)OCCCO4)ccc2OC)cc1. The fourth-order valence-corrected chi connectivity index (χ4v) is 3.71. The lowest BCUT2D eigenvalue weighted by atomic mass is 10.0. The smallest absolute Gasteiger partial charge is 0.224 e. The molecule has 3 aromatic carbocycles. The van der Waals surface area contributed by atoms with Crippen molar-refractivity contribution in [1.82, 2.24) is 0 Å². The van der Waals surface area contributed by atoms with Crippen LogP contribution in [-0.2, 0) is 4.79 Å². The summed E-state index contributed by atoms with van der Waals surface area (Å²) in [6.45, 7) is 1.14. The van der Waals surface area contributed by atoms with Gasteiger partial charge < -0.3 is 24.3 Å². The van der Waals surface area contributed by atoms with Crippen molar-refractivity contribution in [3.05, 3.63) is 66.2 Å². The lowest BCUT2D eigenvalue weighted by Crippen LogP contribution is -2.13. The number of anilines is 1. The number of carbonyl (C=O) groups is 2. The standard InChI is InChI=1S/C27H27NO6/c1-31-21-8-4-18(5-9-21)22-17-20(7-12-24(22)32-2)28-27(30)13-10-23(29)19-6-11-25-26(16-19)34-15-3-14-33-25/h4-9,11-12,16-17H,3,10,13-15H2,1-2H3,(H,28,30). The number of nitrogens with one attached hydrogen (secondary N) is 1. The van der Waals surface area contributed by atoms with Crippen molar-refractivity contribution < 1.29 is 28.5 Å². The van der Waals surface area contributed by atoms with Crippen LogP contribution in [0.3, 0.4) is 0 Å². The van der Waals surface area contributed by atoms with Gasteiger partial charge in [-0.2, -0.15) is 0 Å². The molecule has 7 heteroatoms. The first-order valence-electron chi connectivity index (χ1n) is 11.1. The van der Waals surface area contributed by atoms with Crippen LogP contribution in [0.15, 0.2) is 60.7 Å². The highest BCUT2D eigenvalue weighted by molar-refractivity contribution is 6.00. The lowest BCUT2D eigenvalue weighted by Gasteiger charge is -2.13. The Bertz CT molecular complexity index is 1170. The van der Waals surface area contributed by atoms with E-state index in [2.05, 4.69) is 5.32 Å². The van der Waals surface area contributed by atoms with Crippen LogP contribution in [0.5, 0.6) is 23.0 Å². The van der Waals surface area contributed by atoms with Crippen molar-refractivity contribution in [2.75, 3.05) is 32.8 Å². The Hall–Kier alpha value is -4.00. The average Bonchev–Trinajstić information content (AvgIpc) is 3.12. The fraction of sp³-hybridized carbons (Fsp3) is 0.259. The Kier molecular flexibility index (Phi) is 7.32. The maximum absolute atomic E-state index is 12.6. The lowest BCUT2D eigenvalue weighted by molar-refractivity contribution is -0.116. The van der Waals surface area contributed by atoms with Crippen LogP contribution in [0.4, 0.5) is 5.69 Å². The molecule has 34 heavy (non-hydrogen) atoms. The summed E-state index contributed by atoms with van der Waals surface area (Å²) >= 11 is 0. The van der Waals surface area contributed by atoms with E-state index in [1.54, 1.807) is 44.6 Å². The zero-order chi connectivity index (χ0) is 23.9. The molecule has 0 radical (unpaired) electrons. The molecule has 0 saturated carbocycles. The van der Waals surface area contributed by atoms with Gasteiger partial charge >= 0.3 is 0 Å². The van der Waals surface area contributed by atoms with Gasteiger partial charge in [0.25, 0.3) is 0 Å². The molecule has 3 aromatic rings. The molecule has 0 saturated heterocycles. The van der Waals surface area contributed by atoms with Gasteiger partial charge in [-0.05, 0) is 54.1 Å². The van der Waals surface area contributed by atoms with Crippen molar-refractivity contribution in [3.63, 3.8) is 0 Å². The van der Waals surface area contributed by atoms with Crippen LogP contribution >= 0.6 is 0 Å². The zero-order valence-electron chi connectivity index (χ0n) is 19.3. The molecule has 0 unspecified atom stereocenters. The van der Waals surface area contributed by atoms with Gasteiger partial charge in [-0.3, -0.25) is 9.59 Å². The van der Waals surface area contributed by atoms with E-state index in [9.17, 15) is 9.59 Å². The molecule has 0 aliphatic carbocycles. The molecular formula is C27H27NO6. The predicted molar refractivity (Wildman–Crippen MR) is 129 cm³/mol. The van der Waals surface area contributed by atoms with E-state index in [4.69, 9.17) is 18.9 Å². The van der Waals surface area contributed by atoms with Gasteiger partial charge in [-0.15, -0.1) is 0 Å². The molecule has 7 nitrogen and oxygen atoms in total. The third kappa shape index (κ3) is 5.49. The predicted octanol–water partition coefficient (Wildman–Crippen LogP) is 5.13. The van der Waals surface area contributed by atoms with E-state index in [0.717, 1.165) is 23.3 Å². The molecule has 0 fully saturated rings. The minimum absolute atomic E-state index is 0.0666. The molecule has 1 heterocycles. The van der Waals surface area contributed by atoms with Gasteiger partial charge in [0.15, 0.2) is 17.3 Å². The second-order valence-electron chi connectivity index (χ2n) is 7.83. The van der Waals surface area contributed by atoms with E-state index in [1.807, 2.05) is 30.3 Å². The largest absolute Gasteiger partial charge is 0.497 e. The van der Waals surface area contributed by atoms with Gasteiger partial charge in [0.05, 0.1) is 27.4 Å². The quantitative estimate of drug-likeness (QED) is 0.468. The van der Waals surface area contributed by atoms with Crippen molar-refractivity contribution in [3.8, 4) is 34.1 Å². The summed E-state index contributed by atoms with van der Waals surface area (Å²) in [5.74, 6) is 2.28. The van der Waals surface area contributed by atoms with E-state index >= 15 is 0 Å². The molecule has 1 aliphatic heterocycles. The number of hydrogen-bond donors (Lipinski definition) is 1. The van der Waals surface area contributed by atoms with Crippen molar-refractivity contribution >= 4 is 17.4 Å². The van der Waals surface area contributed by atoms with Crippen molar-refractivity contribution in [1.29, 1.82) is 0 Å². The second-order valence-corrected chi connectivity index (χ2v) is 7.83. The summed E-state index contributed by atoms with van der Waals surface area (Å²) in [5, 5.41) is 2.87. The molecule has 1 aliphatic rings.